The molecule has 0 saturated carbocycles. The third-order valence-corrected chi connectivity index (χ3v) is 2.69. The van der Waals surface area contributed by atoms with Crippen molar-refractivity contribution in [2.75, 3.05) is 27.2 Å². The van der Waals surface area contributed by atoms with E-state index in [1.54, 1.807) is 0 Å². The van der Waals surface area contributed by atoms with Gasteiger partial charge in [-0.3, -0.25) is 5.10 Å². The van der Waals surface area contributed by atoms with Crippen LogP contribution in [0.3, 0.4) is 0 Å². The molecule has 0 spiro atoms. The normalized spacial score (nSPS) is 15.9. The average molecular weight is 194 g/mol. The third-order valence-electron chi connectivity index (χ3n) is 2.69. The Balaban J connectivity index is 2.06. The number of hydrogen-bond donors (Lipinski definition) is 2. The summed E-state index contributed by atoms with van der Waals surface area (Å²) >= 11 is 0. The van der Waals surface area contributed by atoms with Gasteiger partial charge in [0.2, 0.25) is 0 Å². The van der Waals surface area contributed by atoms with Crippen molar-refractivity contribution in [1.82, 2.24) is 20.4 Å². The molecule has 0 aliphatic carbocycles. The highest BCUT2D eigenvalue weighted by molar-refractivity contribution is 5.27. The predicted octanol–water partition coefficient (Wildman–Crippen LogP) is 0.159. The Labute approximate surface area is 84.7 Å². The summed E-state index contributed by atoms with van der Waals surface area (Å²) in [7, 11) is 4.19. The minimum Gasteiger partial charge on any atom is -0.312 e. The largest absolute Gasteiger partial charge is 0.312 e. The van der Waals surface area contributed by atoms with Gasteiger partial charge in [-0.2, -0.15) is 5.10 Å². The molecule has 0 atom stereocenters. The van der Waals surface area contributed by atoms with Crippen LogP contribution in [0.2, 0.25) is 0 Å². The van der Waals surface area contributed by atoms with E-state index in [-0.39, 0.29) is 0 Å². The number of nitrogens with one attached hydrogen (secondary N) is 2. The van der Waals surface area contributed by atoms with E-state index in [0.717, 1.165) is 32.5 Å². The van der Waals surface area contributed by atoms with Gasteiger partial charge in [0.15, 0.2) is 0 Å². The molecule has 0 aromatic carbocycles. The molecular weight excluding hydrogens is 176 g/mol. The molecule has 1 aliphatic rings. The second kappa shape index (κ2) is 4.11. The zero-order chi connectivity index (χ0) is 9.97. The predicted molar refractivity (Wildman–Crippen MR) is 56.3 cm³/mol. The molecule has 0 fully saturated rings. The molecule has 1 aromatic heterocycles. The van der Waals surface area contributed by atoms with Crippen molar-refractivity contribution >= 4 is 0 Å². The minimum atomic E-state index is 0.981. The summed E-state index contributed by atoms with van der Waals surface area (Å²) in [5.41, 5.74) is 3.97. The smallest absolute Gasteiger partial charge is 0.0682 e. The Morgan fingerprint density at radius 3 is 3.07 bits per heavy atom. The summed E-state index contributed by atoms with van der Waals surface area (Å²) in [4.78, 5) is 2.19. The molecule has 0 bridgehead atoms. The van der Waals surface area contributed by atoms with Crippen LogP contribution in [-0.4, -0.2) is 42.3 Å². The number of aromatic amines is 1. The zero-order valence-corrected chi connectivity index (χ0v) is 8.93. The maximum absolute atomic E-state index is 4.38. The van der Waals surface area contributed by atoms with Crippen molar-refractivity contribution in [2.24, 2.45) is 0 Å². The number of nitrogens with zero attached hydrogens (tertiary/aromatic N) is 2. The van der Waals surface area contributed by atoms with Crippen molar-refractivity contribution in [3.05, 3.63) is 17.0 Å². The van der Waals surface area contributed by atoms with Gasteiger partial charge >= 0.3 is 0 Å². The molecule has 2 rings (SSSR count). The van der Waals surface area contributed by atoms with Gasteiger partial charge in [-0.15, -0.1) is 0 Å². The van der Waals surface area contributed by atoms with Crippen molar-refractivity contribution in [3.8, 4) is 0 Å². The molecule has 4 heteroatoms. The van der Waals surface area contributed by atoms with Gasteiger partial charge in [-0.05, 0) is 14.1 Å². The van der Waals surface area contributed by atoms with Gasteiger partial charge < -0.3 is 10.2 Å². The van der Waals surface area contributed by atoms with E-state index in [4.69, 9.17) is 0 Å². The van der Waals surface area contributed by atoms with Gasteiger partial charge in [0, 0.05) is 43.7 Å². The summed E-state index contributed by atoms with van der Waals surface area (Å²) in [6.07, 6.45) is 2.13. The number of rotatable bonds is 3. The molecular formula is C10H18N4. The number of likely N-dealkylation sites (N-methyl/N-ethyl adjacent to an activating group) is 1. The SMILES string of the molecule is CN(C)CCc1n[nH]c2c1CNCC2. The lowest BCUT2D eigenvalue weighted by molar-refractivity contribution is 0.411. The Hall–Kier alpha value is -0.870. The first kappa shape index (κ1) is 9.68. The highest BCUT2D eigenvalue weighted by atomic mass is 15.1. The van der Waals surface area contributed by atoms with Gasteiger partial charge in [-0.25, -0.2) is 0 Å². The van der Waals surface area contributed by atoms with Crippen LogP contribution in [0.5, 0.6) is 0 Å². The van der Waals surface area contributed by atoms with Gasteiger partial charge in [-0.1, -0.05) is 0 Å². The van der Waals surface area contributed by atoms with Crippen LogP contribution in [0, 0.1) is 0 Å². The lowest BCUT2D eigenvalue weighted by atomic mass is 10.1. The molecule has 2 N–H and O–H groups in total. The van der Waals surface area contributed by atoms with Crippen molar-refractivity contribution in [3.63, 3.8) is 0 Å². The van der Waals surface area contributed by atoms with Gasteiger partial charge in [0.05, 0.1) is 5.69 Å². The lowest BCUT2D eigenvalue weighted by Gasteiger charge is -2.14. The molecule has 4 nitrogen and oxygen atoms in total. The first-order chi connectivity index (χ1) is 6.77. The fourth-order valence-corrected chi connectivity index (χ4v) is 1.82. The molecule has 1 aliphatic heterocycles. The van der Waals surface area contributed by atoms with E-state index < -0.39 is 0 Å². The van der Waals surface area contributed by atoms with E-state index in [1.165, 1.54) is 17.0 Å². The molecule has 1 aromatic rings. The van der Waals surface area contributed by atoms with Crippen LogP contribution in [0.25, 0.3) is 0 Å². The lowest BCUT2D eigenvalue weighted by Crippen LogP contribution is -2.24. The Morgan fingerprint density at radius 1 is 1.43 bits per heavy atom. The number of aromatic nitrogens is 2. The van der Waals surface area contributed by atoms with Gasteiger partial charge in [0.25, 0.3) is 0 Å². The molecule has 78 valence electrons. The number of fused-ring (bicyclic) bond motifs is 1. The first-order valence-corrected chi connectivity index (χ1v) is 5.18. The Morgan fingerprint density at radius 2 is 2.29 bits per heavy atom. The second-order valence-electron chi connectivity index (χ2n) is 4.11. The molecule has 0 saturated heterocycles. The van der Waals surface area contributed by atoms with E-state index in [2.05, 4.69) is 34.5 Å². The summed E-state index contributed by atoms with van der Waals surface area (Å²) in [6.45, 7) is 3.12. The van der Waals surface area contributed by atoms with Crippen LogP contribution in [-0.2, 0) is 19.4 Å². The second-order valence-corrected chi connectivity index (χ2v) is 4.11. The van der Waals surface area contributed by atoms with E-state index in [9.17, 15) is 0 Å². The maximum Gasteiger partial charge on any atom is 0.0682 e. The zero-order valence-electron chi connectivity index (χ0n) is 8.93. The molecule has 14 heavy (non-hydrogen) atoms. The van der Waals surface area contributed by atoms with Gasteiger partial charge in [0.1, 0.15) is 0 Å². The number of hydrogen-bond acceptors (Lipinski definition) is 3. The van der Waals surface area contributed by atoms with Crippen molar-refractivity contribution < 1.29 is 0 Å². The van der Waals surface area contributed by atoms with E-state index in [1.807, 2.05) is 0 Å². The average Bonchev–Trinajstić information content (AvgIpc) is 2.58. The maximum atomic E-state index is 4.38. The minimum absolute atomic E-state index is 0.981. The number of H-pyrrole nitrogens is 1. The van der Waals surface area contributed by atoms with Crippen molar-refractivity contribution in [2.45, 2.75) is 19.4 Å². The first-order valence-electron chi connectivity index (χ1n) is 5.18. The monoisotopic (exact) mass is 194 g/mol. The fourth-order valence-electron chi connectivity index (χ4n) is 1.82. The summed E-state index contributed by atoms with van der Waals surface area (Å²) in [5, 5.41) is 10.9. The highest BCUT2D eigenvalue weighted by Crippen LogP contribution is 2.15. The summed E-state index contributed by atoms with van der Waals surface area (Å²) in [5.74, 6) is 0. The highest BCUT2D eigenvalue weighted by Gasteiger charge is 2.15. The molecule has 0 amide bonds. The molecule has 0 unspecified atom stereocenters. The standard InChI is InChI=1S/C10H18N4/c1-14(2)6-4-10-8-7-11-5-3-9(8)12-13-10/h11H,3-7H2,1-2H3,(H,12,13). The van der Waals surface area contributed by atoms with Crippen LogP contribution in [0.15, 0.2) is 0 Å². The van der Waals surface area contributed by atoms with Crippen LogP contribution in [0.4, 0.5) is 0 Å². The van der Waals surface area contributed by atoms with E-state index in [0.29, 0.717) is 0 Å². The van der Waals surface area contributed by atoms with E-state index >= 15 is 0 Å². The van der Waals surface area contributed by atoms with Crippen LogP contribution >= 0.6 is 0 Å². The summed E-state index contributed by atoms with van der Waals surface area (Å²) in [6, 6.07) is 0. The Kier molecular flexibility index (Phi) is 2.84. The summed E-state index contributed by atoms with van der Waals surface area (Å²) < 4.78 is 0. The fraction of sp³-hybridized carbons (Fsp3) is 0.700. The molecule has 2 heterocycles. The van der Waals surface area contributed by atoms with Crippen LogP contribution < -0.4 is 5.32 Å². The van der Waals surface area contributed by atoms with Crippen molar-refractivity contribution in [1.29, 1.82) is 0 Å². The Bertz CT molecular complexity index is 303. The van der Waals surface area contributed by atoms with Crippen LogP contribution in [0.1, 0.15) is 17.0 Å². The molecule has 0 radical (unpaired) electrons. The third kappa shape index (κ3) is 1.96. The quantitative estimate of drug-likeness (QED) is 0.720. The topological polar surface area (TPSA) is 44.0 Å².